The summed E-state index contributed by atoms with van der Waals surface area (Å²) < 4.78 is 11.5. The Kier molecular flexibility index (Phi) is 27.1. The lowest BCUT2D eigenvalue weighted by Gasteiger charge is -2.31. The van der Waals surface area contributed by atoms with Crippen LogP contribution in [0.2, 0.25) is 0 Å². The Morgan fingerprint density at radius 1 is 0.524 bits per heavy atom. The van der Waals surface area contributed by atoms with Crippen LogP contribution >= 0.6 is 0 Å². The third-order valence-corrected chi connectivity index (χ3v) is 7.96. The molecule has 0 atom stereocenters. The highest BCUT2D eigenvalue weighted by Crippen LogP contribution is 2.12. The smallest absolute Gasteiger partial charge is 0.305 e. The fourth-order valence-electron chi connectivity index (χ4n) is 5.36. The van der Waals surface area contributed by atoms with Crippen LogP contribution in [-0.2, 0) is 23.9 Å². The third kappa shape index (κ3) is 26.0. The molecule has 7 nitrogen and oxygen atoms in total. The van der Waals surface area contributed by atoms with Gasteiger partial charge in [-0.3, -0.25) is 14.4 Å². The maximum Gasteiger partial charge on any atom is 0.305 e. The Labute approximate surface area is 260 Å². The van der Waals surface area contributed by atoms with Crippen LogP contribution in [0, 0.1) is 0 Å². The van der Waals surface area contributed by atoms with Crippen molar-refractivity contribution in [1.82, 2.24) is 4.90 Å². The van der Waals surface area contributed by atoms with Gasteiger partial charge in [0, 0.05) is 12.8 Å². The van der Waals surface area contributed by atoms with E-state index in [-0.39, 0.29) is 31.1 Å². The third-order valence-electron chi connectivity index (χ3n) is 7.96. The predicted octanol–water partition coefficient (Wildman–Crippen LogP) is 8.23. The van der Waals surface area contributed by atoms with Gasteiger partial charge in [0.25, 0.3) is 5.91 Å². The maximum atomic E-state index is 13.1. The Bertz CT molecular complexity index is 628. The number of amides is 1. The standard InChI is InChI=1S/C35H69N2O5/c1-6-9-11-13-15-17-19-21-23-25-34(39)41-30-27-36(33(38)32-37(4,5)29-8-3)28-31-42-35(40)26-24-22-20-18-16-14-12-10-7-2/h6-32H2,1-5H3/q+1. The van der Waals surface area contributed by atoms with E-state index in [1.165, 1.54) is 89.9 Å². The van der Waals surface area contributed by atoms with E-state index in [9.17, 15) is 14.4 Å². The van der Waals surface area contributed by atoms with Crippen molar-refractivity contribution in [3.63, 3.8) is 0 Å². The van der Waals surface area contributed by atoms with Gasteiger partial charge in [0.2, 0.25) is 0 Å². The summed E-state index contributed by atoms with van der Waals surface area (Å²) in [5.41, 5.74) is 0. The summed E-state index contributed by atoms with van der Waals surface area (Å²) in [7, 11) is 4.10. The molecule has 0 unspecified atom stereocenters. The van der Waals surface area contributed by atoms with Crippen LogP contribution in [0.5, 0.6) is 0 Å². The molecule has 42 heavy (non-hydrogen) atoms. The van der Waals surface area contributed by atoms with Gasteiger partial charge < -0.3 is 18.9 Å². The highest BCUT2D eigenvalue weighted by molar-refractivity contribution is 5.77. The van der Waals surface area contributed by atoms with E-state index in [1.807, 2.05) is 0 Å². The fourth-order valence-corrected chi connectivity index (χ4v) is 5.36. The molecule has 0 aromatic carbocycles. The van der Waals surface area contributed by atoms with Crippen molar-refractivity contribution in [2.24, 2.45) is 0 Å². The predicted molar refractivity (Wildman–Crippen MR) is 174 cm³/mol. The minimum atomic E-state index is -0.195. The van der Waals surface area contributed by atoms with Gasteiger partial charge >= 0.3 is 11.9 Å². The summed E-state index contributed by atoms with van der Waals surface area (Å²) in [6.45, 7) is 8.86. The van der Waals surface area contributed by atoms with Gasteiger partial charge in [-0.05, 0) is 19.3 Å². The molecular formula is C35H69N2O5+. The summed E-state index contributed by atoms with van der Waals surface area (Å²) >= 11 is 0. The van der Waals surface area contributed by atoms with Crippen LogP contribution in [0.15, 0.2) is 0 Å². The molecule has 0 bridgehead atoms. The number of nitrogens with zero attached hydrogens (tertiary/aromatic N) is 2. The number of ether oxygens (including phenoxy) is 2. The van der Waals surface area contributed by atoms with Crippen molar-refractivity contribution in [1.29, 1.82) is 0 Å². The Hall–Kier alpha value is -1.63. The van der Waals surface area contributed by atoms with Gasteiger partial charge in [-0.2, -0.15) is 0 Å². The summed E-state index contributed by atoms with van der Waals surface area (Å²) in [6, 6.07) is 0. The Morgan fingerprint density at radius 2 is 0.881 bits per heavy atom. The molecule has 1 amide bonds. The number of quaternary nitrogens is 1. The molecule has 248 valence electrons. The van der Waals surface area contributed by atoms with Crippen LogP contribution in [0.1, 0.15) is 156 Å². The largest absolute Gasteiger partial charge is 0.464 e. The molecule has 0 aliphatic carbocycles. The molecule has 0 fully saturated rings. The monoisotopic (exact) mass is 598 g/mol. The number of rotatable bonds is 30. The van der Waals surface area contributed by atoms with Gasteiger partial charge in [-0.25, -0.2) is 0 Å². The lowest BCUT2D eigenvalue weighted by atomic mass is 10.1. The number of likely N-dealkylation sites (N-methyl/N-ethyl adjacent to an activating group) is 1. The van der Waals surface area contributed by atoms with Crippen LogP contribution in [-0.4, -0.2) is 80.7 Å². The van der Waals surface area contributed by atoms with Crippen molar-refractivity contribution in [3.8, 4) is 0 Å². The Morgan fingerprint density at radius 3 is 1.24 bits per heavy atom. The van der Waals surface area contributed by atoms with Crippen molar-refractivity contribution in [3.05, 3.63) is 0 Å². The molecule has 0 N–H and O–H groups in total. The molecule has 0 heterocycles. The zero-order chi connectivity index (χ0) is 31.3. The molecule has 0 saturated heterocycles. The second kappa shape index (κ2) is 28.2. The molecule has 0 aromatic rings. The summed E-state index contributed by atoms with van der Waals surface area (Å²) in [4.78, 5) is 39.3. The number of hydrogen-bond acceptors (Lipinski definition) is 5. The molecule has 0 rings (SSSR count). The molecule has 0 spiro atoms. The average Bonchev–Trinajstić information content (AvgIpc) is 2.94. The molecule has 0 saturated carbocycles. The van der Waals surface area contributed by atoms with E-state index >= 15 is 0 Å². The minimum absolute atomic E-state index is 0.00146. The molecule has 0 aliphatic heterocycles. The summed E-state index contributed by atoms with van der Waals surface area (Å²) in [5, 5.41) is 0. The van der Waals surface area contributed by atoms with Crippen molar-refractivity contribution >= 4 is 17.8 Å². The SMILES string of the molecule is CCCCCCCCCCCC(=O)OCCN(CCOC(=O)CCCCCCCCCCC)C(=O)C[N+](C)(C)CCC. The minimum Gasteiger partial charge on any atom is -0.464 e. The van der Waals surface area contributed by atoms with Crippen LogP contribution in [0.4, 0.5) is 0 Å². The molecule has 7 heteroatoms. The molecular weight excluding hydrogens is 528 g/mol. The number of carbonyl (C=O) groups excluding carboxylic acids is 3. The normalized spacial score (nSPS) is 11.5. The Balaban J connectivity index is 4.33. The van der Waals surface area contributed by atoms with E-state index in [0.717, 1.165) is 38.6 Å². The summed E-state index contributed by atoms with van der Waals surface area (Å²) in [6.07, 6.45) is 23.6. The maximum absolute atomic E-state index is 13.1. The highest BCUT2D eigenvalue weighted by atomic mass is 16.5. The lowest BCUT2D eigenvalue weighted by molar-refractivity contribution is -0.882. The van der Waals surface area contributed by atoms with E-state index in [1.54, 1.807) is 4.90 Å². The van der Waals surface area contributed by atoms with Crippen molar-refractivity contribution in [2.75, 3.05) is 53.5 Å². The highest BCUT2D eigenvalue weighted by Gasteiger charge is 2.24. The van der Waals surface area contributed by atoms with E-state index < -0.39 is 0 Å². The first-order valence-electron chi connectivity index (χ1n) is 17.7. The second-order valence-electron chi connectivity index (χ2n) is 12.8. The van der Waals surface area contributed by atoms with Crippen LogP contribution in [0.25, 0.3) is 0 Å². The average molecular weight is 598 g/mol. The van der Waals surface area contributed by atoms with Gasteiger partial charge in [0.15, 0.2) is 6.54 Å². The van der Waals surface area contributed by atoms with E-state index in [4.69, 9.17) is 9.47 Å². The number of unbranched alkanes of at least 4 members (excludes halogenated alkanes) is 16. The number of hydrogen-bond donors (Lipinski definition) is 0. The van der Waals surface area contributed by atoms with Crippen LogP contribution < -0.4 is 0 Å². The van der Waals surface area contributed by atoms with Crippen molar-refractivity contribution < 1.29 is 28.3 Å². The number of carbonyl (C=O) groups is 3. The van der Waals surface area contributed by atoms with Crippen LogP contribution in [0.3, 0.4) is 0 Å². The zero-order valence-electron chi connectivity index (χ0n) is 28.5. The van der Waals surface area contributed by atoms with Gasteiger partial charge in [-0.15, -0.1) is 0 Å². The van der Waals surface area contributed by atoms with Crippen molar-refractivity contribution in [2.45, 2.75) is 156 Å². The first-order chi connectivity index (χ1) is 20.3. The quantitative estimate of drug-likeness (QED) is 0.0474. The number of esters is 2. The lowest BCUT2D eigenvalue weighted by Crippen LogP contribution is -2.50. The molecule has 0 aromatic heterocycles. The second-order valence-corrected chi connectivity index (χ2v) is 12.8. The first kappa shape index (κ1) is 40.4. The molecule has 0 radical (unpaired) electrons. The summed E-state index contributed by atoms with van der Waals surface area (Å²) in [5.74, 6) is -0.391. The molecule has 0 aliphatic rings. The van der Waals surface area contributed by atoms with Gasteiger partial charge in [0.1, 0.15) is 13.2 Å². The van der Waals surface area contributed by atoms with E-state index in [0.29, 0.717) is 37.0 Å². The van der Waals surface area contributed by atoms with Gasteiger partial charge in [0.05, 0.1) is 33.7 Å². The topological polar surface area (TPSA) is 72.9 Å². The van der Waals surface area contributed by atoms with E-state index in [2.05, 4.69) is 34.9 Å². The van der Waals surface area contributed by atoms with Gasteiger partial charge in [-0.1, -0.05) is 124 Å². The fraction of sp³-hybridized carbons (Fsp3) is 0.914. The zero-order valence-corrected chi connectivity index (χ0v) is 28.5. The first-order valence-corrected chi connectivity index (χ1v) is 17.7.